The van der Waals surface area contributed by atoms with Gasteiger partial charge >= 0.3 is 0 Å². The first kappa shape index (κ1) is 11.3. The molecule has 14 heavy (non-hydrogen) atoms. The molecule has 0 bridgehead atoms. The van der Waals surface area contributed by atoms with Gasteiger partial charge in [-0.15, -0.1) is 0 Å². The van der Waals surface area contributed by atoms with Crippen LogP contribution in [-0.4, -0.2) is 12.1 Å². The Hall–Kier alpha value is -0.730. The topological polar surface area (TPSA) is 35.2 Å². The van der Waals surface area contributed by atoms with Gasteiger partial charge in [0.1, 0.15) is 11.9 Å². The second kappa shape index (κ2) is 5.23. The maximum Gasteiger partial charge on any atom is 0.138 e. The van der Waals surface area contributed by atoms with Crippen molar-refractivity contribution in [3.05, 3.63) is 29.3 Å². The molecule has 2 N–H and O–H groups in total. The Bertz CT molecular complexity index is 290. The molecule has 0 aliphatic rings. The lowest BCUT2D eigenvalue weighted by atomic mass is 10.1. The predicted octanol–water partition coefficient (Wildman–Crippen LogP) is 2.84. The smallest absolute Gasteiger partial charge is 0.138 e. The quantitative estimate of drug-likeness (QED) is 0.835. The Kier molecular flexibility index (Phi) is 4.23. The molecule has 0 saturated heterocycles. The number of benzene rings is 1. The zero-order valence-electron chi connectivity index (χ0n) is 8.53. The third kappa shape index (κ3) is 2.89. The first-order valence-corrected chi connectivity index (χ1v) is 5.19. The van der Waals surface area contributed by atoms with Crippen LogP contribution >= 0.6 is 11.6 Å². The highest BCUT2D eigenvalue weighted by Crippen LogP contribution is 2.24. The SMILES string of the molecule is CCC(N)C(C)Oc1ccccc1Cl. The molecule has 0 radical (unpaired) electrons. The summed E-state index contributed by atoms with van der Waals surface area (Å²) in [6, 6.07) is 7.47. The standard InChI is InChI=1S/C11H16ClNO/c1-3-10(13)8(2)14-11-7-5-4-6-9(11)12/h4-8,10H,3,13H2,1-2H3. The molecule has 0 aliphatic heterocycles. The molecule has 0 spiro atoms. The van der Waals surface area contributed by atoms with Crippen LogP contribution in [0, 0.1) is 0 Å². The summed E-state index contributed by atoms with van der Waals surface area (Å²) in [4.78, 5) is 0. The van der Waals surface area contributed by atoms with Crippen molar-refractivity contribution in [3.63, 3.8) is 0 Å². The molecule has 1 aromatic carbocycles. The number of nitrogens with two attached hydrogens (primary N) is 1. The Balaban J connectivity index is 2.64. The van der Waals surface area contributed by atoms with E-state index in [1.54, 1.807) is 6.07 Å². The van der Waals surface area contributed by atoms with Gasteiger partial charge in [-0.05, 0) is 25.5 Å². The van der Waals surface area contributed by atoms with Gasteiger partial charge in [-0.1, -0.05) is 30.7 Å². The van der Waals surface area contributed by atoms with Gasteiger partial charge in [-0.25, -0.2) is 0 Å². The van der Waals surface area contributed by atoms with E-state index in [0.29, 0.717) is 10.8 Å². The summed E-state index contributed by atoms with van der Waals surface area (Å²) in [6.45, 7) is 3.99. The van der Waals surface area contributed by atoms with E-state index >= 15 is 0 Å². The maximum atomic E-state index is 5.95. The predicted molar refractivity (Wildman–Crippen MR) is 59.8 cm³/mol. The van der Waals surface area contributed by atoms with Gasteiger partial charge in [0.15, 0.2) is 0 Å². The van der Waals surface area contributed by atoms with Gasteiger partial charge in [-0.2, -0.15) is 0 Å². The van der Waals surface area contributed by atoms with Crippen molar-refractivity contribution < 1.29 is 4.74 Å². The maximum absolute atomic E-state index is 5.95. The molecule has 2 nitrogen and oxygen atoms in total. The minimum atomic E-state index is -0.0140. The van der Waals surface area contributed by atoms with Crippen molar-refractivity contribution in [1.29, 1.82) is 0 Å². The molecule has 2 atom stereocenters. The van der Waals surface area contributed by atoms with Crippen molar-refractivity contribution in [2.75, 3.05) is 0 Å². The van der Waals surface area contributed by atoms with E-state index in [9.17, 15) is 0 Å². The average Bonchev–Trinajstić information content (AvgIpc) is 2.20. The van der Waals surface area contributed by atoms with E-state index in [4.69, 9.17) is 22.1 Å². The minimum Gasteiger partial charge on any atom is -0.488 e. The van der Waals surface area contributed by atoms with E-state index in [2.05, 4.69) is 0 Å². The van der Waals surface area contributed by atoms with Crippen LogP contribution in [0.2, 0.25) is 5.02 Å². The number of hydrogen-bond donors (Lipinski definition) is 1. The first-order valence-electron chi connectivity index (χ1n) is 4.82. The molecule has 1 rings (SSSR count). The Morgan fingerprint density at radius 1 is 1.43 bits per heavy atom. The van der Waals surface area contributed by atoms with Crippen LogP contribution in [0.15, 0.2) is 24.3 Å². The number of halogens is 1. The van der Waals surface area contributed by atoms with Crippen LogP contribution in [0.1, 0.15) is 20.3 Å². The van der Waals surface area contributed by atoms with Crippen LogP contribution in [0.4, 0.5) is 0 Å². The zero-order valence-corrected chi connectivity index (χ0v) is 9.29. The van der Waals surface area contributed by atoms with Crippen LogP contribution in [0.5, 0.6) is 5.75 Å². The summed E-state index contributed by atoms with van der Waals surface area (Å²) in [5, 5.41) is 0.627. The molecule has 78 valence electrons. The molecule has 0 heterocycles. The van der Waals surface area contributed by atoms with Crippen molar-refractivity contribution in [2.24, 2.45) is 5.73 Å². The van der Waals surface area contributed by atoms with Gasteiger partial charge in [-0.3, -0.25) is 0 Å². The molecule has 0 fully saturated rings. The summed E-state index contributed by atoms with van der Waals surface area (Å²) in [6.07, 6.45) is 0.880. The third-order valence-corrected chi connectivity index (χ3v) is 2.54. The van der Waals surface area contributed by atoms with E-state index in [1.165, 1.54) is 0 Å². The molecular weight excluding hydrogens is 198 g/mol. The molecular formula is C11H16ClNO. The fourth-order valence-corrected chi connectivity index (χ4v) is 1.34. The van der Waals surface area contributed by atoms with Crippen molar-refractivity contribution in [2.45, 2.75) is 32.4 Å². The minimum absolute atomic E-state index is 0.0140. The lowest BCUT2D eigenvalue weighted by Crippen LogP contribution is -2.35. The largest absolute Gasteiger partial charge is 0.488 e. The number of ether oxygens (including phenoxy) is 1. The van der Waals surface area contributed by atoms with Crippen LogP contribution in [0.25, 0.3) is 0 Å². The van der Waals surface area contributed by atoms with Gasteiger partial charge in [0.25, 0.3) is 0 Å². The normalized spacial score (nSPS) is 14.9. The second-order valence-electron chi connectivity index (χ2n) is 3.33. The molecule has 2 unspecified atom stereocenters. The van der Waals surface area contributed by atoms with Crippen LogP contribution in [-0.2, 0) is 0 Å². The fourth-order valence-electron chi connectivity index (χ4n) is 1.16. The van der Waals surface area contributed by atoms with Crippen LogP contribution in [0.3, 0.4) is 0 Å². The summed E-state index contributed by atoms with van der Waals surface area (Å²) in [7, 11) is 0. The monoisotopic (exact) mass is 213 g/mol. The van der Waals surface area contributed by atoms with E-state index in [-0.39, 0.29) is 12.1 Å². The van der Waals surface area contributed by atoms with Crippen molar-refractivity contribution >= 4 is 11.6 Å². The molecule has 1 aromatic rings. The van der Waals surface area contributed by atoms with Gasteiger partial charge in [0.05, 0.1) is 5.02 Å². The molecule has 0 aliphatic carbocycles. The summed E-state index contributed by atoms with van der Waals surface area (Å²) < 4.78 is 5.64. The third-order valence-electron chi connectivity index (χ3n) is 2.22. The lowest BCUT2D eigenvalue weighted by molar-refractivity contribution is 0.187. The highest BCUT2D eigenvalue weighted by molar-refractivity contribution is 6.32. The molecule has 3 heteroatoms. The summed E-state index contributed by atoms with van der Waals surface area (Å²) in [5.74, 6) is 0.700. The number of para-hydroxylation sites is 1. The first-order chi connectivity index (χ1) is 6.65. The Morgan fingerprint density at radius 3 is 2.64 bits per heavy atom. The average molecular weight is 214 g/mol. The number of hydrogen-bond acceptors (Lipinski definition) is 2. The molecule has 0 amide bonds. The molecule has 0 aromatic heterocycles. The Labute approximate surface area is 90.0 Å². The van der Waals surface area contributed by atoms with E-state index in [1.807, 2.05) is 32.0 Å². The van der Waals surface area contributed by atoms with Crippen molar-refractivity contribution in [3.8, 4) is 5.75 Å². The highest BCUT2D eigenvalue weighted by atomic mass is 35.5. The highest BCUT2D eigenvalue weighted by Gasteiger charge is 2.13. The zero-order chi connectivity index (χ0) is 10.6. The van der Waals surface area contributed by atoms with Gasteiger partial charge < -0.3 is 10.5 Å². The number of rotatable bonds is 4. The molecule has 0 saturated carbocycles. The lowest BCUT2D eigenvalue weighted by Gasteiger charge is -2.20. The van der Waals surface area contributed by atoms with Crippen LogP contribution < -0.4 is 10.5 Å². The van der Waals surface area contributed by atoms with Gasteiger partial charge in [0, 0.05) is 6.04 Å². The van der Waals surface area contributed by atoms with E-state index < -0.39 is 0 Å². The Morgan fingerprint density at radius 2 is 2.07 bits per heavy atom. The summed E-state index contributed by atoms with van der Waals surface area (Å²) in [5.41, 5.74) is 5.85. The second-order valence-corrected chi connectivity index (χ2v) is 3.73. The summed E-state index contributed by atoms with van der Waals surface area (Å²) >= 11 is 5.95. The van der Waals surface area contributed by atoms with Crippen molar-refractivity contribution in [1.82, 2.24) is 0 Å². The van der Waals surface area contributed by atoms with E-state index in [0.717, 1.165) is 6.42 Å². The van der Waals surface area contributed by atoms with Gasteiger partial charge in [0.2, 0.25) is 0 Å². The fraction of sp³-hybridized carbons (Fsp3) is 0.455.